The lowest BCUT2D eigenvalue weighted by Crippen LogP contribution is -2.48. The zero-order chi connectivity index (χ0) is 17.5. The standard InChI is InChI=1S/C16H21N3O5/c1-23-12-3-4-13(14(9-12)24-2)17-15(21)10-16(22)19-7-5-18(11-20)6-8-19/h3-4,9,11H,5-8,10H2,1-2H3,(H,17,21). The van der Waals surface area contributed by atoms with Gasteiger partial charge in [-0.3, -0.25) is 14.4 Å². The number of hydrogen-bond acceptors (Lipinski definition) is 5. The van der Waals surface area contributed by atoms with Gasteiger partial charge >= 0.3 is 0 Å². The normalized spacial score (nSPS) is 14.1. The molecule has 2 rings (SSSR count). The van der Waals surface area contributed by atoms with Crippen LogP contribution in [0.15, 0.2) is 18.2 Å². The Morgan fingerprint density at radius 3 is 2.46 bits per heavy atom. The number of benzene rings is 1. The van der Waals surface area contributed by atoms with Gasteiger partial charge in [-0.2, -0.15) is 0 Å². The predicted molar refractivity (Wildman–Crippen MR) is 87.0 cm³/mol. The Kier molecular flexibility index (Phi) is 6.00. The first-order chi connectivity index (χ1) is 11.6. The van der Waals surface area contributed by atoms with Crippen LogP contribution in [-0.2, 0) is 14.4 Å². The minimum Gasteiger partial charge on any atom is -0.497 e. The second kappa shape index (κ2) is 8.19. The van der Waals surface area contributed by atoms with Gasteiger partial charge in [-0.1, -0.05) is 0 Å². The molecule has 0 saturated carbocycles. The summed E-state index contributed by atoms with van der Waals surface area (Å²) in [6.07, 6.45) is 0.515. The zero-order valence-corrected chi connectivity index (χ0v) is 13.8. The van der Waals surface area contributed by atoms with Gasteiger partial charge in [-0.15, -0.1) is 0 Å². The Balaban J connectivity index is 1.91. The zero-order valence-electron chi connectivity index (χ0n) is 13.8. The Labute approximate surface area is 140 Å². The van der Waals surface area contributed by atoms with Crippen molar-refractivity contribution in [3.8, 4) is 11.5 Å². The summed E-state index contributed by atoms with van der Waals surface area (Å²) < 4.78 is 10.3. The molecule has 1 fully saturated rings. The van der Waals surface area contributed by atoms with Crippen LogP contribution in [-0.4, -0.2) is 68.4 Å². The maximum Gasteiger partial charge on any atom is 0.233 e. The number of nitrogens with zero attached hydrogens (tertiary/aromatic N) is 2. The fourth-order valence-electron chi connectivity index (χ4n) is 2.42. The summed E-state index contributed by atoms with van der Waals surface area (Å²) in [6.45, 7) is 1.86. The van der Waals surface area contributed by atoms with Gasteiger partial charge in [0.2, 0.25) is 18.2 Å². The smallest absolute Gasteiger partial charge is 0.233 e. The van der Waals surface area contributed by atoms with E-state index >= 15 is 0 Å². The third kappa shape index (κ3) is 4.37. The lowest BCUT2D eigenvalue weighted by Gasteiger charge is -2.32. The van der Waals surface area contributed by atoms with Crippen molar-refractivity contribution in [3.05, 3.63) is 18.2 Å². The maximum absolute atomic E-state index is 12.2. The van der Waals surface area contributed by atoms with Crippen LogP contribution < -0.4 is 14.8 Å². The van der Waals surface area contributed by atoms with E-state index in [2.05, 4.69) is 5.32 Å². The quantitative estimate of drug-likeness (QED) is 0.598. The fraction of sp³-hybridized carbons (Fsp3) is 0.438. The Morgan fingerprint density at radius 2 is 1.88 bits per heavy atom. The molecule has 8 heteroatoms. The minimum atomic E-state index is -0.415. The van der Waals surface area contributed by atoms with Crippen LogP contribution in [0.1, 0.15) is 6.42 Å². The first-order valence-corrected chi connectivity index (χ1v) is 7.56. The van der Waals surface area contributed by atoms with Crippen molar-refractivity contribution in [2.24, 2.45) is 0 Å². The second-order valence-corrected chi connectivity index (χ2v) is 5.31. The molecular weight excluding hydrogens is 314 g/mol. The third-order valence-electron chi connectivity index (χ3n) is 3.81. The van der Waals surface area contributed by atoms with E-state index in [1.54, 1.807) is 28.0 Å². The summed E-state index contributed by atoms with van der Waals surface area (Å²) in [5.41, 5.74) is 0.474. The topological polar surface area (TPSA) is 88.2 Å². The van der Waals surface area contributed by atoms with Gasteiger partial charge in [0.15, 0.2) is 0 Å². The number of carbonyl (C=O) groups is 3. The SMILES string of the molecule is COc1ccc(NC(=O)CC(=O)N2CCN(C=O)CC2)c(OC)c1. The molecular formula is C16H21N3O5. The number of methoxy groups -OCH3 is 2. The molecule has 8 nitrogen and oxygen atoms in total. The maximum atomic E-state index is 12.2. The van der Waals surface area contributed by atoms with Crippen LogP contribution in [0.3, 0.4) is 0 Å². The molecule has 1 N–H and O–H groups in total. The number of anilines is 1. The highest BCUT2D eigenvalue weighted by molar-refractivity contribution is 6.04. The van der Waals surface area contributed by atoms with Crippen molar-refractivity contribution in [2.45, 2.75) is 6.42 Å². The van der Waals surface area contributed by atoms with E-state index in [0.717, 1.165) is 6.41 Å². The van der Waals surface area contributed by atoms with Gasteiger partial charge in [-0.05, 0) is 12.1 Å². The van der Waals surface area contributed by atoms with E-state index in [0.29, 0.717) is 43.4 Å². The molecule has 0 aliphatic carbocycles. The molecule has 1 aromatic carbocycles. The molecule has 3 amide bonds. The molecule has 0 radical (unpaired) electrons. The van der Waals surface area contributed by atoms with E-state index in [1.165, 1.54) is 14.2 Å². The summed E-state index contributed by atoms with van der Waals surface area (Å²) in [6, 6.07) is 5.00. The Morgan fingerprint density at radius 1 is 1.17 bits per heavy atom. The molecule has 1 saturated heterocycles. The van der Waals surface area contributed by atoms with E-state index in [-0.39, 0.29) is 12.3 Å². The van der Waals surface area contributed by atoms with Gasteiger partial charge < -0.3 is 24.6 Å². The predicted octanol–water partition coefficient (Wildman–Crippen LogP) is 0.333. The van der Waals surface area contributed by atoms with Crippen LogP contribution in [0.4, 0.5) is 5.69 Å². The van der Waals surface area contributed by atoms with Gasteiger partial charge in [0.1, 0.15) is 17.9 Å². The second-order valence-electron chi connectivity index (χ2n) is 5.31. The van der Waals surface area contributed by atoms with Gasteiger partial charge in [0.05, 0.1) is 19.9 Å². The minimum absolute atomic E-state index is 0.254. The summed E-state index contributed by atoms with van der Waals surface area (Å²) >= 11 is 0. The van der Waals surface area contributed by atoms with E-state index < -0.39 is 5.91 Å². The van der Waals surface area contributed by atoms with Gasteiger partial charge in [0.25, 0.3) is 0 Å². The highest BCUT2D eigenvalue weighted by Gasteiger charge is 2.22. The highest BCUT2D eigenvalue weighted by atomic mass is 16.5. The number of hydrogen-bond donors (Lipinski definition) is 1. The average molecular weight is 335 g/mol. The number of rotatable bonds is 6. The monoisotopic (exact) mass is 335 g/mol. The number of carbonyl (C=O) groups excluding carboxylic acids is 3. The van der Waals surface area contributed by atoms with Crippen molar-refractivity contribution < 1.29 is 23.9 Å². The summed E-state index contributed by atoms with van der Waals surface area (Å²) in [7, 11) is 3.03. The van der Waals surface area contributed by atoms with Crippen LogP contribution in [0, 0.1) is 0 Å². The summed E-state index contributed by atoms with van der Waals surface area (Å²) in [5, 5.41) is 2.67. The highest BCUT2D eigenvalue weighted by Crippen LogP contribution is 2.29. The van der Waals surface area contributed by atoms with Gasteiger partial charge in [0, 0.05) is 32.2 Å². The Bertz CT molecular complexity index is 612. The molecule has 0 aromatic heterocycles. The van der Waals surface area contributed by atoms with E-state index in [9.17, 15) is 14.4 Å². The molecule has 0 bridgehead atoms. The lowest BCUT2D eigenvalue weighted by molar-refractivity contribution is -0.137. The number of amides is 3. The van der Waals surface area contributed by atoms with Crippen molar-refractivity contribution >= 4 is 23.9 Å². The van der Waals surface area contributed by atoms with E-state index in [4.69, 9.17) is 9.47 Å². The molecule has 1 heterocycles. The van der Waals surface area contributed by atoms with Crippen molar-refractivity contribution in [2.75, 3.05) is 45.7 Å². The number of nitrogens with one attached hydrogen (secondary N) is 1. The fourth-order valence-corrected chi connectivity index (χ4v) is 2.42. The summed E-state index contributed by atoms with van der Waals surface area (Å²) in [5.74, 6) is 0.385. The molecule has 1 aromatic rings. The van der Waals surface area contributed by atoms with Crippen molar-refractivity contribution in [3.63, 3.8) is 0 Å². The molecule has 1 aliphatic rings. The molecule has 24 heavy (non-hydrogen) atoms. The molecule has 130 valence electrons. The average Bonchev–Trinajstić information content (AvgIpc) is 2.61. The molecule has 0 spiro atoms. The van der Waals surface area contributed by atoms with Crippen LogP contribution in [0.2, 0.25) is 0 Å². The van der Waals surface area contributed by atoms with Crippen LogP contribution >= 0.6 is 0 Å². The lowest BCUT2D eigenvalue weighted by atomic mass is 10.2. The Hall–Kier alpha value is -2.77. The number of piperazine rings is 1. The van der Waals surface area contributed by atoms with Crippen LogP contribution in [0.25, 0.3) is 0 Å². The third-order valence-corrected chi connectivity index (χ3v) is 3.81. The van der Waals surface area contributed by atoms with E-state index in [1.807, 2.05) is 0 Å². The van der Waals surface area contributed by atoms with Gasteiger partial charge in [-0.25, -0.2) is 0 Å². The van der Waals surface area contributed by atoms with Crippen molar-refractivity contribution in [1.29, 1.82) is 0 Å². The molecule has 0 unspecified atom stereocenters. The molecule has 1 aliphatic heterocycles. The first-order valence-electron chi connectivity index (χ1n) is 7.56. The van der Waals surface area contributed by atoms with Crippen molar-refractivity contribution in [1.82, 2.24) is 9.80 Å². The first kappa shape index (κ1) is 17.6. The summed E-state index contributed by atoms with van der Waals surface area (Å²) in [4.78, 5) is 38.1. The largest absolute Gasteiger partial charge is 0.497 e. The number of ether oxygens (including phenoxy) is 2. The van der Waals surface area contributed by atoms with Crippen LogP contribution in [0.5, 0.6) is 11.5 Å². The molecule has 0 atom stereocenters.